The molecule has 29 heavy (non-hydrogen) atoms. The molecule has 3 atom stereocenters. The molecule has 2 fully saturated rings. The van der Waals surface area contributed by atoms with E-state index in [2.05, 4.69) is 12.2 Å². The van der Waals surface area contributed by atoms with E-state index in [9.17, 15) is 23.6 Å². The molecule has 8 heteroatoms. The van der Waals surface area contributed by atoms with E-state index < -0.39 is 35.5 Å². The standard InChI is InChI=1S/C21H24FN3O4/c1-11-5-3-4-6-15(11)24(2)17-10-13-12(9-14(17)22)20(28)25(21(13)29)16-7-8-18(26)23-19(16)27/h9-11,15-16H,3-8H2,1-2H3,(H,23,26,27)/t11-,15-,16?/m0/s1. The monoisotopic (exact) mass is 401 g/mol. The number of halogens is 1. The van der Waals surface area contributed by atoms with Crippen LogP contribution in [0.25, 0.3) is 0 Å². The summed E-state index contributed by atoms with van der Waals surface area (Å²) in [4.78, 5) is 52.0. The number of nitrogens with one attached hydrogen (secondary N) is 1. The maximum Gasteiger partial charge on any atom is 0.262 e. The number of anilines is 1. The molecular weight excluding hydrogens is 377 g/mol. The molecule has 3 aliphatic rings. The van der Waals surface area contributed by atoms with Crippen LogP contribution < -0.4 is 10.2 Å². The summed E-state index contributed by atoms with van der Waals surface area (Å²) in [7, 11) is 1.82. The number of amides is 4. The minimum atomic E-state index is -1.05. The lowest BCUT2D eigenvalue weighted by Gasteiger charge is -2.38. The molecule has 1 saturated heterocycles. The highest BCUT2D eigenvalue weighted by Gasteiger charge is 2.45. The van der Waals surface area contributed by atoms with Gasteiger partial charge in [0.05, 0.1) is 16.8 Å². The fraction of sp³-hybridized carbons (Fsp3) is 0.524. The number of nitrogens with zero attached hydrogens (tertiary/aromatic N) is 2. The van der Waals surface area contributed by atoms with E-state index in [4.69, 9.17) is 0 Å². The Morgan fingerprint density at radius 3 is 2.34 bits per heavy atom. The van der Waals surface area contributed by atoms with Crippen LogP contribution in [0.5, 0.6) is 0 Å². The van der Waals surface area contributed by atoms with Crippen LogP contribution in [0.15, 0.2) is 12.1 Å². The average Bonchev–Trinajstić information content (AvgIpc) is 2.91. The van der Waals surface area contributed by atoms with Gasteiger partial charge in [0.2, 0.25) is 11.8 Å². The lowest BCUT2D eigenvalue weighted by molar-refractivity contribution is -0.136. The Bertz CT molecular complexity index is 915. The second kappa shape index (κ2) is 7.24. The Morgan fingerprint density at radius 2 is 1.69 bits per heavy atom. The van der Waals surface area contributed by atoms with E-state index in [0.29, 0.717) is 5.92 Å². The molecule has 1 aromatic carbocycles. The SMILES string of the molecule is C[C@H]1CCCC[C@@H]1N(C)c1cc2c(cc1F)C(=O)N(C1CCC(=O)NC1=O)C2=O. The molecule has 1 unspecified atom stereocenters. The first-order valence-corrected chi connectivity index (χ1v) is 10.1. The van der Waals surface area contributed by atoms with Gasteiger partial charge < -0.3 is 4.90 Å². The van der Waals surface area contributed by atoms with Gasteiger partial charge in [-0.05, 0) is 37.3 Å². The summed E-state index contributed by atoms with van der Waals surface area (Å²) in [6.07, 6.45) is 4.38. The van der Waals surface area contributed by atoms with Gasteiger partial charge in [-0.15, -0.1) is 0 Å². The molecule has 2 heterocycles. The lowest BCUT2D eigenvalue weighted by atomic mass is 9.85. The van der Waals surface area contributed by atoms with Gasteiger partial charge in [0, 0.05) is 19.5 Å². The van der Waals surface area contributed by atoms with Crippen molar-refractivity contribution in [2.24, 2.45) is 5.92 Å². The molecule has 7 nitrogen and oxygen atoms in total. The fourth-order valence-corrected chi connectivity index (χ4v) is 4.80. The van der Waals surface area contributed by atoms with Crippen molar-refractivity contribution in [1.82, 2.24) is 10.2 Å². The van der Waals surface area contributed by atoms with Crippen LogP contribution in [0.3, 0.4) is 0 Å². The third-order valence-electron chi connectivity index (χ3n) is 6.45. The number of hydrogen-bond donors (Lipinski definition) is 1. The van der Waals surface area contributed by atoms with Crippen LogP contribution in [0.1, 0.15) is 66.2 Å². The van der Waals surface area contributed by atoms with Crippen molar-refractivity contribution in [3.8, 4) is 0 Å². The number of hydrogen-bond acceptors (Lipinski definition) is 5. The number of piperidine rings is 1. The maximum absolute atomic E-state index is 14.9. The maximum atomic E-state index is 14.9. The number of benzene rings is 1. The molecule has 4 rings (SSSR count). The largest absolute Gasteiger partial charge is 0.369 e. The smallest absolute Gasteiger partial charge is 0.262 e. The lowest BCUT2D eigenvalue weighted by Crippen LogP contribution is -2.54. The second-order valence-corrected chi connectivity index (χ2v) is 8.24. The average molecular weight is 401 g/mol. The summed E-state index contributed by atoms with van der Waals surface area (Å²) in [5, 5.41) is 2.16. The summed E-state index contributed by atoms with van der Waals surface area (Å²) in [5.41, 5.74) is 0.353. The number of imide groups is 2. The molecule has 1 saturated carbocycles. The summed E-state index contributed by atoms with van der Waals surface area (Å²) in [5.74, 6) is -2.58. The van der Waals surface area contributed by atoms with E-state index in [1.807, 2.05) is 11.9 Å². The third-order valence-corrected chi connectivity index (χ3v) is 6.45. The molecule has 0 spiro atoms. The first-order valence-electron chi connectivity index (χ1n) is 10.1. The predicted octanol–water partition coefficient (Wildman–Crippen LogP) is 2.24. The van der Waals surface area contributed by atoms with Gasteiger partial charge in [-0.25, -0.2) is 4.39 Å². The molecule has 1 aliphatic carbocycles. The highest BCUT2D eigenvalue weighted by molar-refractivity contribution is 6.23. The zero-order valence-corrected chi connectivity index (χ0v) is 16.5. The topological polar surface area (TPSA) is 86.8 Å². The van der Waals surface area contributed by atoms with Crippen LogP contribution in [0.4, 0.5) is 10.1 Å². The van der Waals surface area contributed by atoms with Crippen LogP contribution in [0, 0.1) is 11.7 Å². The van der Waals surface area contributed by atoms with Crippen molar-refractivity contribution < 1.29 is 23.6 Å². The number of carbonyl (C=O) groups is 4. The van der Waals surface area contributed by atoms with Gasteiger partial charge in [0.1, 0.15) is 11.9 Å². The van der Waals surface area contributed by atoms with Crippen LogP contribution >= 0.6 is 0 Å². The van der Waals surface area contributed by atoms with Crippen molar-refractivity contribution in [3.05, 3.63) is 29.1 Å². The van der Waals surface area contributed by atoms with Crippen molar-refractivity contribution in [2.45, 2.75) is 57.5 Å². The van der Waals surface area contributed by atoms with Crippen molar-refractivity contribution in [3.63, 3.8) is 0 Å². The molecule has 4 amide bonds. The van der Waals surface area contributed by atoms with Gasteiger partial charge in [0.25, 0.3) is 11.8 Å². The Hall–Kier alpha value is -2.77. The molecular formula is C21H24FN3O4. The van der Waals surface area contributed by atoms with E-state index in [0.717, 1.165) is 36.6 Å². The van der Waals surface area contributed by atoms with Crippen LogP contribution in [0.2, 0.25) is 0 Å². The number of rotatable bonds is 3. The van der Waals surface area contributed by atoms with Gasteiger partial charge in [0.15, 0.2) is 0 Å². The minimum absolute atomic E-state index is 0.0361. The predicted molar refractivity (Wildman–Crippen MR) is 103 cm³/mol. The van der Waals surface area contributed by atoms with Gasteiger partial charge in [-0.1, -0.05) is 19.8 Å². The minimum Gasteiger partial charge on any atom is -0.369 e. The number of carbonyl (C=O) groups excluding carboxylic acids is 4. The number of fused-ring (bicyclic) bond motifs is 1. The highest BCUT2D eigenvalue weighted by Crippen LogP contribution is 2.36. The summed E-state index contributed by atoms with van der Waals surface area (Å²) < 4.78 is 14.9. The second-order valence-electron chi connectivity index (χ2n) is 8.24. The summed E-state index contributed by atoms with van der Waals surface area (Å²) in [6, 6.07) is 1.64. The van der Waals surface area contributed by atoms with Crippen LogP contribution in [-0.2, 0) is 9.59 Å². The Labute approximate surface area is 168 Å². The van der Waals surface area contributed by atoms with E-state index >= 15 is 0 Å². The molecule has 0 bridgehead atoms. The fourth-order valence-electron chi connectivity index (χ4n) is 4.80. The first kappa shape index (κ1) is 19.5. The molecule has 0 aromatic heterocycles. The Morgan fingerprint density at radius 1 is 1.03 bits per heavy atom. The zero-order valence-electron chi connectivity index (χ0n) is 16.5. The van der Waals surface area contributed by atoms with Crippen molar-refractivity contribution >= 4 is 29.3 Å². The van der Waals surface area contributed by atoms with Crippen molar-refractivity contribution in [1.29, 1.82) is 0 Å². The summed E-state index contributed by atoms with van der Waals surface area (Å²) in [6.45, 7) is 2.14. The Kier molecular flexibility index (Phi) is 4.88. The molecule has 1 aromatic rings. The molecule has 0 radical (unpaired) electrons. The Balaban J connectivity index is 1.66. The summed E-state index contributed by atoms with van der Waals surface area (Å²) >= 11 is 0. The molecule has 2 aliphatic heterocycles. The quantitative estimate of drug-likeness (QED) is 0.785. The first-order chi connectivity index (χ1) is 13.8. The third kappa shape index (κ3) is 3.20. The normalized spacial score (nSPS) is 27.1. The molecule has 154 valence electrons. The van der Waals surface area contributed by atoms with E-state index in [1.54, 1.807) is 0 Å². The van der Waals surface area contributed by atoms with Gasteiger partial charge in [-0.2, -0.15) is 0 Å². The molecule has 1 N–H and O–H groups in total. The van der Waals surface area contributed by atoms with E-state index in [-0.39, 0.29) is 35.7 Å². The van der Waals surface area contributed by atoms with Gasteiger partial charge >= 0.3 is 0 Å². The van der Waals surface area contributed by atoms with Crippen LogP contribution in [-0.4, -0.2) is 47.7 Å². The highest BCUT2D eigenvalue weighted by atomic mass is 19.1. The van der Waals surface area contributed by atoms with Crippen molar-refractivity contribution in [2.75, 3.05) is 11.9 Å². The zero-order chi connectivity index (χ0) is 20.9. The van der Waals surface area contributed by atoms with E-state index in [1.165, 1.54) is 6.07 Å². The van der Waals surface area contributed by atoms with Gasteiger partial charge in [-0.3, -0.25) is 29.4 Å².